The second-order valence-corrected chi connectivity index (χ2v) is 6.66. The lowest BCUT2D eigenvalue weighted by Gasteiger charge is -2.24. The van der Waals surface area contributed by atoms with Crippen molar-refractivity contribution in [2.75, 3.05) is 20.1 Å². The van der Waals surface area contributed by atoms with Gasteiger partial charge in [0.15, 0.2) is 0 Å². The van der Waals surface area contributed by atoms with Gasteiger partial charge in [0.2, 0.25) is 0 Å². The summed E-state index contributed by atoms with van der Waals surface area (Å²) in [6.07, 6.45) is 2.55. The summed E-state index contributed by atoms with van der Waals surface area (Å²) in [4.78, 5) is 6.13. The number of hydrogen-bond donors (Lipinski definition) is 1. The monoisotopic (exact) mass is 304 g/mol. The lowest BCUT2D eigenvalue weighted by atomic mass is 9.79. The molecule has 1 fully saturated rings. The van der Waals surface area contributed by atoms with E-state index in [9.17, 15) is 0 Å². The zero-order valence-electron chi connectivity index (χ0n) is 10.5. The van der Waals surface area contributed by atoms with Crippen LogP contribution in [0.25, 0.3) is 10.9 Å². The van der Waals surface area contributed by atoms with Crippen molar-refractivity contribution in [1.29, 1.82) is 0 Å². The number of likely N-dealkylation sites (N-methyl/N-ethyl adjacent to an activating group) is 1. The third kappa shape index (κ3) is 1.44. The fourth-order valence-corrected chi connectivity index (χ4v) is 4.38. The van der Waals surface area contributed by atoms with Gasteiger partial charge in [-0.25, -0.2) is 0 Å². The van der Waals surface area contributed by atoms with Crippen LogP contribution in [0.15, 0.2) is 22.7 Å². The van der Waals surface area contributed by atoms with Gasteiger partial charge in [-0.05, 0) is 53.4 Å². The van der Waals surface area contributed by atoms with Crippen LogP contribution in [0.4, 0.5) is 0 Å². The number of rotatable bonds is 0. The molecule has 0 saturated carbocycles. The number of aromatic nitrogens is 1. The molecule has 1 aliphatic carbocycles. The SMILES string of the molecule is CN1CC2CCc3[nH]c4c(Br)cccc4c3C2C1. The molecule has 18 heavy (non-hydrogen) atoms. The summed E-state index contributed by atoms with van der Waals surface area (Å²) >= 11 is 3.67. The first kappa shape index (κ1) is 11.1. The summed E-state index contributed by atoms with van der Waals surface area (Å²) in [6, 6.07) is 6.56. The van der Waals surface area contributed by atoms with Gasteiger partial charge in [0.1, 0.15) is 0 Å². The largest absolute Gasteiger partial charge is 0.357 e. The fraction of sp³-hybridized carbons (Fsp3) is 0.467. The van der Waals surface area contributed by atoms with Gasteiger partial charge >= 0.3 is 0 Å². The van der Waals surface area contributed by atoms with Crippen LogP contribution < -0.4 is 0 Å². The summed E-state index contributed by atoms with van der Waals surface area (Å²) in [5.74, 6) is 1.60. The van der Waals surface area contributed by atoms with Crippen LogP contribution in [-0.4, -0.2) is 30.0 Å². The van der Waals surface area contributed by atoms with Crippen molar-refractivity contribution in [3.8, 4) is 0 Å². The first-order valence-corrected chi connectivity index (χ1v) is 7.51. The molecule has 3 heteroatoms. The molecule has 0 amide bonds. The summed E-state index contributed by atoms with van der Waals surface area (Å²) in [5, 5.41) is 1.43. The van der Waals surface area contributed by atoms with E-state index in [1.807, 2.05) is 0 Å². The van der Waals surface area contributed by atoms with E-state index in [1.54, 1.807) is 5.56 Å². The van der Waals surface area contributed by atoms with Gasteiger partial charge in [-0.15, -0.1) is 0 Å². The highest BCUT2D eigenvalue weighted by Gasteiger charge is 2.38. The predicted octanol–water partition coefficient (Wildman–Crippen LogP) is 3.52. The number of likely N-dealkylation sites (tertiary alicyclic amines) is 1. The smallest absolute Gasteiger partial charge is 0.0603 e. The van der Waals surface area contributed by atoms with E-state index in [0.717, 1.165) is 11.8 Å². The zero-order chi connectivity index (χ0) is 12.3. The molecule has 2 heterocycles. The number of para-hydroxylation sites is 1. The van der Waals surface area contributed by atoms with E-state index in [1.165, 1.54) is 47.0 Å². The van der Waals surface area contributed by atoms with Gasteiger partial charge in [-0.3, -0.25) is 0 Å². The third-order valence-corrected chi connectivity index (χ3v) is 5.33. The number of aromatic amines is 1. The molecular weight excluding hydrogens is 288 g/mol. The quantitative estimate of drug-likeness (QED) is 0.789. The summed E-state index contributed by atoms with van der Waals surface area (Å²) in [6.45, 7) is 2.49. The van der Waals surface area contributed by atoms with Crippen LogP contribution in [0.1, 0.15) is 23.6 Å². The van der Waals surface area contributed by atoms with Gasteiger partial charge in [-0.1, -0.05) is 12.1 Å². The second-order valence-electron chi connectivity index (χ2n) is 5.81. The van der Waals surface area contributed by atoms with Gasteiger partial charge in [0, 0.05) is 34.6 Å². The summed E-state index contributed by atoms with van der Waals surface area (Å²) in [7, 11) is 2.25. The molecule has 2 aromatic rings. The van der Waals surface area contributed by atoms with E-state index >= 15 is 0 Å². The Balaban J connectivity index is 1.96. The number of aryl methyl sites for hydroxylation is 1. The van der Waals surface area contributed by atoms with Gasteiger partial charge < -0.3 is 9.88 Å². The average molecular weight is 305 g/mol. The zero-order valence-corrected chi connectivity index (χ0v) is 12.1. The van der Waals surface area contributed by atoms with Crippen LogP contribution in [0.5, 0.6) is 0 Å². The Morgan fingerprint density at radius 2 is 2.22 bits per heavy atom. The van der Waals surface area contributed by atoms with Gasteiger partial charge in [0.05, 0.1) is 5.52 Å². The number of nitrogens with one attached hydrogen (secondary N) is 1. The maximum atomic E-state index is 3.67. The molecule has 2 nitrogen and oxygen atoms in total. The maximum Gasteiger partial charge on any atom is 0.0603 e. The molecule has 0 radical (unpaired) electrons. The number of H-pyrrole nitrogens is 1. The van der Waals surface area contributed by atoms with Crippen molar-refractivity contribution < 1.29 is 0 Å². The van der Waals surface area contributed by atoms with Crippen LogP contribution in [0.3, 0.4) is 0 Å². The Morgan fingerprint density at radius 3 is 3.11 bits per heavy atom. The van der Waals surface area contributed by atoms with E-state index in [0.29, 0.717) is 0 Å². The van der Waals surface area contributed by atoms with Crippen molar-refractivity contribution in [3.63, 3.8) is 0 Å². The molecule has 94 valence electrons. The first-order chi connectivity index (χ1) is 8.74. The molecule has 1 N–H and O–H groups in total. The number of fused-ring (bicyclic) bond motifs is 5. The highest BCUT2D eigenvalue weighted by Crippen LogP contribution is 2.45. The number of benzene rings is 1. The topological polar surface area (TPSA) is 19.0 Å². The molecule has 2 unspecified atom stereocenters. The van der Waals surface area contributed by atoms with Gasteiger partial charge in [-0.2, -0.15) is 0 Å². The number of hydrogen-bond acceptors (Lipinski definition) is 1. The molecule has 4 rings (SSSR count). The van der Waals surface area contributed by atoms with Crippen molar-refractivity contribution in [2.45, 2.75) is 18.8 Å². The Labute approximate surface area is 115 Å². The highest BCUT2D eigenvalue weighted by atomic mass is 79.9. The molecule has 2 atom stereocenters. The Morgan fingerprint density at radius 1 is 1.33 bits per heavy atom. The van der Waals surface area contributed by atoms with Crippen molar-refractivity contribution in [2.24, 2.45) is 5.92 Å². The molecule has 0 spiro atoms. The second kappa shape index (κ2) is 3.84. The highest BCUT2D eigenvalue weighted by molar-refractivity contribution is 9.10. The van der Waals surface area contributed by atoms with E-state index in [2.05, 4.69) is 51.1 Å². The van der Waals surface area contributed by atoms with E-state index in [4.69, 9.17) is 0 Å². The molecule has 1 aliphatic heterocycles. The van der Waals surface area contributed by atoms with E-state index in [-0.39, 0.29) is 0 Å². The van der Waals surface area contributed by atoms with Crippen molar-refractivity contribution in [1.82, 2.24) is 9.88 Å². The molecular formula is C15H17BrN2. The summed E-state index contributed by atoms with van der Waals surface area (Å²) in [5.41, 5.74) is 4.37. The molecule has 2 aliphatic rings. The van der Waals surface area contributed by atoms with Gasteiger partial charge in [0.25, 0.3) is 0 Å². The standard InChI is InChI=1S/C15H17BrN2/c1-18-7-9-5-6-13-14(11(9)8-18)10-3-2-4-12(16)15(10)17-13/h2-4,9,11,17H,5-8H2,1H3. The minimum Gasteiger partial charge on any atom is -0.357 e. The van der Waals surface area contributed by atoms with Crippen molar-refractivity contribution >= 4 is 26.8 Å². The van der Waals surface area contributed by atoms with Crippen LogP contribution >= 0.6 is 15.9 Å². The molecule has 1 saturated heterocycles. The minimum absolute atomic E-state index is 0.738. The normalized spacial score (nSPS) is 27.4. The maximum absolute atomic E-state index is 3.67. The molecule has 1 aromatic heterocycles. The number of halogens is 1. The van der Waals surface area contributed by atoms with Crippen LogP contribution in [-0.2, 0) is 6.42 Å². The Bertz CT molecular complexity index is 616. The molecule has 1 aromatic carbocycles. The lowest BCUT2D eigenvalue weighted by molar-refractivity contribution is 0.386. The minimum atomic E-state index is 0.738. The predicted molar refractivity (Wildman–Crippen MR) is 78.0 cm³/mol. The molecule has 0 bridgehead atoms. The van der Waals surface area contributed by atoms with E-state index < -0.39 is 0 Å². The third-order valence-electron chi connectivity index (χ3n) is 4.66. The average Bonchev–Trinajstić information content (AvgIpc) is 2.88. The van der Waals surface area contributed by atoms with Crippen molar-refractivity contribution in [3.05, 3.63) is 33.9 Å². The first-order valence-electron chi connectivity index (χ1n) is 6.71. The Kier molecular flexibility index (Phi) is 2.36. The van der Waals surface area contributed by atoms with Crippen LogP contribution in [0.2, 0.25) is 0 Å². The summed E-state index contributed by atoms with van der Waals surface area (Å²) < 4.78 is 1.19. The Hall–Kier alpha value is -0.800. The number of nitrogens with zero attached hydrogens (tertiary/aromatic N) is 1. The van der Waals surface area contributed by atoms with Crippen LogP contribution in [0, 0.1) is 5.92 Å². The lowest BCUT2D eigenvalue weighted by Crippen LogP contribution is -2.18. The fourth-order valence-electron chi connectivity index (χ4n) is 3.91.